The molecule has 0 aliphatic heterocycles. The van der Waals surface area contributed by atoms with Crippen molar-refractivity contribution in [3.63, 3.8) is 0 Å². The largest absolute Gasteiger partial charge is 0.250 e. The maximum absolute atomic E-state index is 13.2. The van der Waals surface area contributed by atoms with Gasteiger partial charge in [-0.25, -0.2) is 4.39 Å². The van der Waals surface area contributed by atoms with Gasteiger partial charge in [-0.3, -0.25) is 0 Å². The molecular weight excluding hydrogens is 275 g/mol. The van der Waals surface area contributed by atoms with Gasteiger partial charge in [-0.05, 0) is 25.0 Å². The normalized spacial score (nSPS) is 13.1. The standard InChI is InChI=1S/C16H33FS2/c1-4-6-8-10-12-15(13-11-9-7-5-2)16(14-17)19-18-3/h15-16H,4-14H2,1-3H3. The summed E-state index contributed by atoms with van der Waals surface area (Å²) < 4.78 is 13.2. The summed E-state index contributed by atoms with van der Waals surface area (Å²) in [6, 6.07) is 0. The molecule has 0 radical (unpaired) electrons. The smallest absolute Gasteiger partial charge is 0.102 e. The molecule has 116 valence electrons. The maximum atomic E-state index is 13.2. The molecular formula is C16H33FS2. The first-order valence-electron chi connectivity index (χ1n) is 8.05. The Morgan fingerprint density at radius 3 is 1.74 bits per heavy atom. The van der Waals surface area contributed by atoms with Gasteiger partial charge in [0.05, 0.1) is 0 Å². The summed E-state index contributed by atoms with van der Waals surface area (Å²) in [6.07, 6.45) is 15.0. The minimum absolute atomic E-state index is 0.155. The van der Waals surface area contributed by atoms with Crippen LogP contribution in [0.3, 0.4) is 0 Å². The molecule has 0 saturated carbocycles. The molecule has 0 bridgehead atoms. The molecule has 0 fully saturated rings. The Kier molecular flexibility index (Phi) is 15.5. The highest BCUT2D eigenvalue weighted by Gasteiger charge is 2.21. The predicted molar refractivity (Wildman–Crippen MR) is 91.9 cm³/mol. The molecule has 0 saturated heterocycles. The summed E-state index contributed by atoms with van der Waals surface area (Å²) in [5.41, 5.74) is 0. The molecule has 0 aliphatic carbocycles. The first-order valence-corrected chi connectivity index (χ1v) is 10.7. The van der Waals surface area contributed by atoms with Crippen LogP contribution in [0.15, 0.2) is 0 Å². The summed E-state index contributed by atoms with van der Waals surface area (Å²) in [6.45, 7) is 4.34. The number of rotatable bonds is 14. The fourth-order valence-electron chi connectivity index (χ4n) is 2.54. The van der Waals surface area contributed by atoms with Gasteiger partial charge in [-0.15, -0.1) is 0 Å². The van der Waals surface area contributed by atoms with E-state index in [1.54, 1.807) is 21.6 Å². The van der Waals surface area contributed by atoms with E-state index in [2.05, 4.69) is 20.1 Å². The Labute approximate surface area is 128 Å². The first kappa shape index (κ1) is 19.6. The van der Waals surface area contributed by atoms with Crippen LogP contribution >= 0.6 is 21.6 Å². The third kappa shape index (κ3) is 11.0. The van der Waals surface area contributed by atoms with E-state index in [1.165, 1.54) is 64.2 Å². The van der Waals surface area contributed by atoms with Crippen molar-refractivity contribution in [2.45, 2.75) is 83.3 Å². The molecule has 0 amide bonds. The summed E-state index contributed by atoms with van der Waals surface area (Å²) in [5.74, 6) is 0.594. The van der Waals surface area contributed by atoms with Crippen LogP contribution in [0.4, 0.5) is 4.39 Å². The highest BCUT2D eigenvalue weighted by Crippen LogP contribution is 2.35. The van der Waals surface area contributed by atoms with Crippen molar-refractivity contribution >= 4 is 21.6 Å². The van der Waals surface area contributed by atoms with E-state index in [0.29, 0.717) is 5.92 Å². The van der Waals surface area contributed by atoms with E-state index in [0.717, 1.165) is 0 Å². The van der Waals surface area contributed by atoms with Crippen molar-refractivity contribution in [2.24, 2.45) is 5.92 Å². The topological polar surface area (TPSA) is 0 Å². The average Bonchev–Trinajstić information content (AvgIpc) is 2.43. The Morgan fingerprint density at radius 2 is 1.37 bits per heavy atom. The molecule has 0 spiro atoms. The van der Waals surface area contributed by atoms with Gasteiger partial charge in [0.25, 0.3) is 0 Å². The SMILES string of the molecule is CCCCCCC(CCCCCC)C(CF)SSC. The zero-order chi connectivity index (χ0) is 14.3. The minimum atomic E-state index is -0.155. The monoisotopic (exact) mass is 308 g/mol. The molecule has 0 N–H and O–H groups in total. The molecule has 0 aliphatic rings. The maximum Gasteiger partial charge on any atom is 0.102 e. The van der Waals surface area contributed by atoms with Crippen LogP contribution in [-0.2, 0) is 0 Å². The molecule has 1 atom stereocenters. The number of hydrogen-bond donors (Lipinski definition) is 0. The van der Waals surface area contributed by atoms with Crippen molar-refractivity contribution in [1.82, 2.24) is 0 Å². The Bertz CT molecular complexity index is 164. The van der Waals surface area contributed by atoms with Crippen LogP contribution in [0.1, 0.15) is 78.1 Å². The second kappa shape index (κ2) is 15.0. The predicted octanol–water partition coefficient (Wildman–Crippen LogP) is 6.89. The van der Waals surface area contributed by atoms with Gasteiger partial charge in [0.1, 0.15) is 6.67 Å². The van der Waals surface area contributed by atoms with Crippen LogP contribution in [0, 0.1) is 5.92 Å². The van der Waals surface area contributed by atoms with Crippen molar-refractivity contribution in [1.29, 1.82) is 0 Å². The Balaban J connectivity index is 4.03. The first-order chi connectivity index (χ1) is 9.29. The van der Waals surface area contributed by atoms with Gasteiger partial charge in [0.15, 0.2) is 0 Å². The van der Waals surface area contributed by atoms with Crippen molar-refractivity contribution in [3.8, 4) is 0 Å². The van der Waals surface area contributed by atoms with Crippen LogP contribution in [0.2, 0.25) is 0 Å². The number of alkyl halides is 1. The lowest BCUT2D eigenvalue weighted by molar-refractivity contribution is 0.345. The third-order valence-electron chi connectivity index (χ3n) is 3.75. The average molecular weight is 309 g/mol. The van der Waals surface area contributed by atoms with Crippen molar-refractivity contribution in [2.75, 3.05) is 12.9 Å². The fraction of sp³-hybridized carbons (Fsp3) is 1.00. The van der Waals surface area contributed by atoms with Crippen molar-refractivity contribution in [3.05, 3.63) is 0 Å². The molecule has 0 nitrogen and oxygen atoms in total. The van der Waals surface area contributed by atoms with E-state index < -0.39 is 0 Å². The highest BCUT2D eigenvalue weighted by atomic mass is 33.1. The number of hydrogen-bond acceptors (Lipinski definition) is 2. The second-order valence-electron chi connectivity index (χ2n) is 5.41. The van der Waals surface area contributed by atoms with Crippen molar-refractivity contribution < 1.29 is 4.39 Å². The van der Waals surface area contributed by atoms with E-state index in [-0.39, 0.29) is 11.9 Å². The lowest BCUT2D eigenvalue weighted by atomic mass is 9.92. The summed E-state index contributed by atoms with van der Waals surface area (Å²) in [5, 5.41) is 0.221. The summed E-state index contributed by atoms with van der Waals surface area (Å²) >= 11 is 0. The van der Waals surface area contributed by atoms with Gasteiger partial charge in [-0.2, -0.15) is 0 Å². The Morgan fingerprint density at radius 1 is 0.842 bits per heavy atom. The van der Waals surface area contributed by atoms with Gasteiger partial charge in [0.2, 0.25) is 0 Å². The molecule has 0 aromatic heterocycles. The van der Waals surface area contributed by atoms with E-state index in [4.69, 9.17) is 0 Å². The molecule has 0 heterocycles. The molecule has 0 aromatic rings. The molecule has 3 heteroatoms. The third-order valence-corrected chi connectivity index (χ3v) is 6.02. The van der Waals surface area contributed by atoms with Gasteiger partial charge >= 0.3 is 0 Å². The summed E-state index contributed by atoms with van der Waals surface area (Å²) in [4.78, 5) is 0. The lowest BCUT2D eigenvalue weighted by Gasteiger charge is -2.24. The lowest BCUT2D eigenvalue weighted by Crippen LogP contribution is -2.19. The second-order valence-corrected chi connectivity index (χ2v) is 8.12. The quantitative estimate of drug-likeness (QED) is 0.253. The highest BCUT2D eigenvalue weighted by molar-refractivity contribution is 8.76. The van der Waals surface area contributed by atoms with E-state index >= 15 is 0 Å². The van der Waals surface area contributed by atoms with Crippen LogP contribution in [-0.4, -0.2) is 18.2 Å². The number of halogens is 1. The number of unbranched alkanes of at least 4 members (excludes halogenated alkanes) is 6. The van der Waals surface area contributed by atoms with E-state index in [9.17, 15) is 4.39 Å². The van der Waals surface area contributed by atoms with E-state index in [1.807, 2.05) is 0 Å². The molecule has 0 aromatic carbocycles. The van der Waals surface area contributed by atoms with Gasteiger partial charge < -0.3 is 0 Å². The zero-order valence-electron chi connectivity index (χ0n) is 13.1. The summed E-state index contributed by atoms with van der Waals surface area (Å²) in [7, 11) is 3.48. The van der Waals surface area contributed by atoms with Gasteiger partial charge in [0, 0.05) is 5.25 Å². The molecule has 0 rings (SSSR count). The van der Waals surface area contributed by atoms with Gasteiger partial charge in [-0.1, -0.05) is 86.8 Å². The zero-order valence-corrected chi connectivity index (χ0v) is 14.8. The Hall–Kier alpha value is 0.630. The minimum Gasteiger partial charge on any atom is -0.250 e. The van der Waals surface area contributed by atoms with Crippen LogP contribution in [0.5, 0.6) is 0 Å². The molecule has 19 heavy (non-hydrogen) atoms. The van der Waals surface area contributed by atoms with Crippen LogP contribution < -0.4 is 0 Å². The fourth-order valence-corrected chi connectivity index (χ4v) is 4.63. The molecule has 1 unspecified atom stereocenters. The van der Waals surface area contributed by atoms with Crippen LogP contribution in [0.25, 0.3) is 0 Å².